The van der Waals surface area contributed by atoms with E-state index in [4.69, 9.17) is 9.84 Å². The Hall–Kier alpha value is -1.67. The van der Waals surface area contributed by atoms with Crippen LogP contribution >= 0.6 is 0 Å². The molecule has 0 unspecified atom stereocenters. The van der Waals surface area contributed by atoms with E-state index in [1.165, 1.54) is 6.92 Å². The summed E-state index contributed by atoms with van der Waals surface area (Å²) in [5.74, 6) is -0.158. The minimum Gasteiger partial charge on any atom is -0.394 e. The van der Waals surface area contributed by atoms with E-state index in [0.717, 1.165) is 0 Å². The monoisotopic (exact) mass is 282 g/mol. The lowest BCUT2D eigenvalue weighted by molar-refractivity contribution is -0.114. The van der Waals surface area contributed by atoms with Gasteiger partial charge in [0.15, 0.2) is 6.23 Å². The van der Waals surface area contributed by atoms with Crippen LogP contribution in [0.2, 0.25) is 0 Å². The van der Waals surface area contributed by atoms with Crippen molar-refractivity contribution in [2.45, 2.75) is 31.5 Å². The summed E-state index contributed by atoms with van der Waals surface area (Å²) in [6.45, 7) is 1.06. The lowest BCUT2D eigenvalue weighted by atomic mass is 10.1. The Bertz CT molecular complexity index is 464. The molecule has 0 aliphatic carbocycles. The van der Waals surface area contributed by atoms with E-state index in [9.17, 15) is 15.0 Å². The molecule has 0 spiro atoms. The fourth-order valence-electron chi connectivity index (χ4n) is 2.04. The Labute approximate surface area is 116 Å². The zero-order chi connectivity index (χ0) is 14.7. The first-order chi connectivity index (χ1) is 9.51. The maximum absolute atomic E-state index is 10.9. The summed E-state index contributed by atoms with van der Waals surface area (Å²) in [5.41, 5.74) is 1.32. The number of aliphatic hydroxyl groups is 3. The van der Waals surface area contributed by atoms with Crippen molar-refractivity contribution in [2.24, 2.45) is 0 Å². The molecular formula is C13H18N2O5. The number of hydrogen-bond donors (Lipinski definition) is 5. The van der Waals surface area contributed by atoms with E-state index in [1.807, 2.05) is 0 Å². The maximum Gasteiger partial charge on any atom is 0.221 e. The molecule has 5 N–H and O–H groups in total. The maximum atomic E-state index is 10.9. The van der Waals surface area contributed by atoms with Gasteiger partial charge in [-0.3, -0.25) is 4.79 Å². The number of carbonyl (C=O) groups excluding carboxylic acids is 1. The van der Waals surface area contributed by atoms with Gasteiger partial charge in [0, 0.05) is 18.3 Å². The smallest absolute Gasteiger partial charge is 0.221 e. The summed E-state index contributed by atoms with van der Waals surface area (Å²) in [6.07, 6.45) is -3.85. The molecule has 1 aromatic carbocycles. The van der Waals surface area contributed by atoms with Gasteiger partial charge in [-0.15, -0.1) is 0 Å². The Balaban J connectivity index is 1.98. The van der Waals surface area contributed by atoms with Gasteiger partial charge < -0.3 is 30.7 Å². The number of nitrogens with one attached hydrogen (secondary N) is 2. The van der Waals surface area contributed by atoms with Gasteiger partial charge in [-0.25, -0.2) is 0 Å². The standard InChI is InChI=1S/C13H18N2O5/c1-7(17)14-8-2-4-9(5-3-8)15-13-12(19)11(18)10(6-16)20-13/h2-5,10-13,15-16,18-19H,6H2,1H3,(H,14,17)/t10-,11-,12+,13+/m1/s1. The molecule has 1 amide bonds. The van der Waals surface area contributed by atoms with Gasteiger partial charge >= 0.3 is 0 Å². The van der Waals surface area contributed by atoms with Gasteiger partial charge in [-0.2, -0.15) is 0 Å². The van der Waals surface area contributed by atoms with Gasteiger partial charge in [-0.1, -0.05) is 0 Å². The SMILES string of the molecule is CC(=O)Nc1ccc(N[C@H]2O[C@H](CO)[C@@H](O)[C@@H]2O)cc1. The number of anilines is 2. The molecule has 110 valence electrons. The molecule has 1 fully saturated rings. The van der Waals surface area contributed by atoms with Crippen LogP contribution in [0.3, 0.4) is 0 Å². The fourth-order valence-corrected chi connectivity index (χ4v) is 2.04. The molecule has 20 heavy (non-hydrogen) atoms. The minimum absolute atomic E-state index is 0.158. The highest BCUT2D eigenvalue weighted by molar-refractivity contribution is 5.88. The van der Waals surface area contributed by atoms with Crippen molar-refractivity contribution in [1.82, 2.24) is 0 Å². The molecule has 0 aromatic heterocycles. The van der Waals surface area contributed by atoms with Crippen molar-refractivity contribution in [1.29, 1.82) is 0 Å². The molecule has 7 heteroatoms. The topological polar surface area (TPSA) is 111 Å². The summed E-state index contributed by atoms with van der Waals surface area (Å²) in [4.78, 5) is 10.9. The lowest BCUT2D eigenvalue weighted by Crippen LogP contribution is -2.36. The molecule has 1 aliphatic rings. The van der Waals surface area contributed by atoms with Crippen LogP contribution in [-0.2, 0) is 9.53 Å². The second-order valence-electron chi connectivity index (χ2n) is 4.66. The van der Waals surface area contributed by atoms with E-state index in [-0.39, 0.29) is 12.5 Å². The van der Waals surface area contributed by atoms with Crippen molar-refractivity contribution in [2.75, 3.05) is 17.2 Å². The van der Waals surface area contributed by atoms with E-state index in [2.05, 4.69) is 10.6 Å². The second-order valence-corrected chi connectivity index (χ2v) is 4.66. The molecule has 1 heterocycles. The van der Waals surface area contributed by atoms with Crippen molar-refractivity contribution in [3.05, 3.63) is 24.3 Å². The number of benzene rings is 1. The highest BCUT2D eigenvalue weighted by Gasteiger charge is 2.42. The Morgan fingerprint density at radius 1 is 1.20 bits per heavy atom. The Kier molecular flexibility index (Phi) is 4.56. The largest absolute Gasteiger partial charge is 0.394 e. The molecule has 1 saturated heterocycles. The van der Waals surface area contributed by atoms with Crippen LogP contribution in [0.5, 0.6) is 0 Å². The van der Waals surface area contributed by atoms with Gasteiger partial charge in [0.05, 0.1) is 6.61 Å². The zero-order valence-electron chi connectivity index (χ0n) is 11.0. The van der Waals surface area contributed by atoms with Crippen LogP contribution < -0.4 is 10.6 Å². The summed E-state index contributed by atoms with van der Waals surface area (Å²) in [5, 5.41) is 34.0. The highest BCUT2D eigenvalue weighted by atomic mass is 16.6. The van der Waals surface area contributed by atoms with Crippen LogP contribution in [0, 0.1) is 0 Å². The van der Waals surface area contributed by atoms with Crippen LogP contribution in [0.4, 0.5) is 11.4 Å². The number of aliphatic hydroxyl groups excluding tert-OH is 3. The first kappa shape index (κ1) is 14.7. The Morgan fingerprint density at radius 3 is 2.30 bits per heavy atom. The molecule has 1 aromatic rings. The molecule has 2 rings (SSSR count). The lowest BCUT2D eigenvalue weighted by Gasteiger charge is -2.17. The first-order valence-corrected chi connectivity index (χ1v) is 6.28. The zero-order valence-corrected chi connectivity index (χ0v) is 11.0. The molecule has 0 radical (unpaired) electrons. The molecule has 0 saturated carbocycles. The third-order valence-corrected chi connectivity index (χ3v) is 3.06. The van der Waals surface area contributed by atoms with E-state index < -0.39 is 24.5 Å². The minimum atomic E-state index is -1.13. The predicted octanol–water partition coefficient (Wildman–Crippen LogP) is -0.504. The van der Waals surface area contributed by atoms with Crippen LogP contribution in [0.25, 0.3) is 0 Å². The molecule has 0 bridgehead atoms. The van der Waals surface area contributed by atoms with E-state index in [0.29, 0.717) is 11.4 Å². The number of rotatable bonds is 4. The van der Waals surface area contributed by atoms with Crippen molar-refractivity contribution < 1.29 is 24.9 Å². The summed E-state index contributed by atoms with van der Waals surface area (Å²) >= 11 is 0. The molecule has 4 atom stereocenters. The van der Waals surface area contributed by atoms with Gasteiger partial charge in [-0.05, 0) is 24.3 Å². The van der Waals surface area contributed by atoms with Crippen LogP contribution in [-0.4, -0.2) is 52.4 Å². The number of hydrogen-bond acceptors (Lipinski definition) is 6. The molecule has 7 nitrogen and oxygen atoms in total. The fraction of sp³-hybridized carbons (Fsp3) is 0.462. The normalized spacial score (nSPS) is 29.2. The number of amides is 1. The summed E-state index contributed by atoms with van der Waals surface area (Å²) in [7, 11) is 0. The molecular weight excluding hydrogens is 264 g/mol. The average molecular weight is 282 g/mol. The molecule has 1 aliphatic heterocycles. The predicted molar refractivity (Wildman–Crippen MR) is 72.1 cm³/mol. The van der Waals surface area contributed by atoms with E-state index in [1.54, 1.807) is 24.3 Å². The number of carbonyl (C=O) groups is 1. The summed E-state index contributed by atoms with van der Waals surface area (Å²) in [6, 6.07) is 6.82. The first-order valence-electron chi connectivity index (χ1n) is 6.28. The van der Waals surface area contributed by atoms with Crippen LogP contribution in [0.15, 0.2) is 24.3 Å². The summed E-state index contributed by atoms with van der Waals surface area (Å²) < 4.78 is 5.30. The quantitative estimate of drug-likeness (QED) is 0.509. The third-order valence-electron chi connectivity index (χ3n) is 3.06. The van der Waals surface area contributed by atoms with Gasteiger partial charge in [0.1, 0.15) is 18.3 Å². The number of ether oxygens (including phenoxy) is 1. The second kappa shape index (κ2) is 6.19. The highest BCUT2D eigenvalue weighted by Crippen LogP contribution is 2.23. The van der Waals surface area contributed by atoms with Gasteiger partial charge in [0.25, 0.3) is 0 Å². The van der Waals surface area contributed by atoms with Gasteiger partial charge in [0.2, 0.25) is 5.91 Å². The van der Waals surface area contributed by atoms with E-state index >= 15 is 0 Å². The average Bonchev–Trinajstić information content (AvgIpc) is 2.68. The Morgan fingerprint density at radius 2 is 1.80 bits per heavy atom. The third kappa shape index (κ3) is 3.26. The van der Waals surface area contributed by atoms with Crippen molar-refractivity contribution >= 4 is 17.3 Å². The van der Waals surface area contributed by atoms with Crippen molar-refractivity contribution in [3.8, 4) is 0 Å². The van der Waals surface area contributed by atoms with Crippen LogP contribution in [0.1, 0.15) is 6.92 Å². The van der Waals surface area contributed by atoms with Crippen molar-refractivity contribution in [3.63, 3.8) is 0 Å².